The quantitative estimate of drug-likeness (QED) is 0.576. The fourth-order valence-corrected chi connectivity index (χ4v) is 2.75. The average Bonchev–Trinajstić information content (AvgIpc) is 2.85. The van der Waals surface area contributed by atoms with Crippen molar-refractivity contribution >= 4 is 33.2 Å². The Kier molecular flexibility index (Phi) is 5.43. The van der Waals surface area contributed by atoms with Crippen LogP contribution in [0.1, 0.15) is 17.3 Å². The molecule has 110 valence electrons. The number of carbonyl (C=O) groups is 2. The third-order valence-corrected chi connectivity index (χ3v) is 4.55. The first-order valence-corrected chi connectivity index (χ1v) is 7.89. The van der Waals surface area contributed by atoms with Gasteiger partial charge < -0.3 is 10.1 Å². The predicted octanol–water partition coefficient (Wildman–Crippen LogP) is 0.243. The Morgan fingerprint density at radius 2 is 2.25 bits per heavy atom. The first-order chi connectivity index (χ1) is 9.25. The van der Waals surface area contributed by atoms with Gasteiger partial charge in [-0.05, 0) is 13.0 Å². The van der Waals surface area contributed by atoms with Crippen LogP contribution in [0, 0.1) is 0 Å². The van der Waals surface area contributed by atoms with Crippen molar-refractivity contribution in [1.82, 2.24) is 5.32 Å². The van der Waals surface area contributed by atoms with Crippen molar-refractivity contribution in [3.8, 4) is 0 Å². The Morgan fingerprint density at radius 3 is 2.75 bits per heavy atom. The summed E-state index contributed by atoms with van der Waals surface area (Å²) in [6, 6.07) is 1.11. The van der Waals surface area contributed by atoms with E-state index in [1.807, 2.05) is 0 Å². The SMILES string of the molecule is C=CCNC(=O)C(C)OC(=O)c1csc(S(N)(=O)=O)c1. The topological polar surface area (TPSA) is 116 Å². The van der Waals surface area contributed by atoms with Gasteiger partial charge in [0.1, 0.15) is 4.21 Å². The van der Waals surface area contributed by atoms with Crippen LogP contribution in [0.5, 0.6) is 0 Å². The number of rotatable bonds is 6. The van der Waals surface area contributed by atoms with Crippen LogP contribution in [0.2, 0.25) is 0 Å². The third kappa shape index (κ3) is 4.44. The highest BCUT2D eigenvalue weighted by Crippen LogP contribution is 2.19. The van der Waals surface area contributed by atoms with Crippen LogP contribution < -0.4 is 10.5 Å². The molecule has 7 nitrogen and oxygen atoms in total. The predicted molar refractivity (Wildman–Crippen MR) is 73.8 cm³/mol. The molecule has 0 aromatic carbocycles. The molecule has 9 heteroatoms. The van der Waals surface area contributed by atoms with Crippen LogP contribution in [0.4, 0.5) is 0 Å². The monoisotopic (exact) mass is 318 g/mol. The molecule has 1 aromatic rings. The van der Waals surface area contributed by atoms with E-state index in [4.69, 9.17) is 9.88 Å². The maximum Gasteiger partial charge on any atom is 0.339 e. The lowest BCUT2D eigenvalue weighted by molar-refractivity contribution is -0.128. The summed E-state index contributed by atoms with van der Waals surface area (Å²) < 4.78 is 26.9. The molecule has 1 heterocycles. The van der Waals surface area contributed by atoms with E-state index in [2.05, 4.69) is 11.9 Å². The highest BCUT2D eigenvalue weighted by molar-refractivity contribution is 7.91. The summed E-state index contributed by atoms with van der Waals surface area (Å²) in [7, 11) is -3.85. The van der Waals surface area contributed by atoms with Gasteiger partial charge in [-0.1, -0.05) is 6.08 Å². The summed E-state index contributed by atoms with van der Waals surface area (Å²) in [6.45, 7) is 5.10. The maximum atomic E-state index is 11.7. The number of sulfonamides is 1. The first kappa shape index (κ1) is 16.3. The number of hydrogen-bond donors (Lipinski definition) is 2. The molecule has 0 spiro atoms. The fourth-order valence-electron chi connectivity index (χ4n) is 1.17. The van der Waals surface area contributed by atoms with Gasteiger partial charge >= 0.3 is 5.97 Å². The van der Waals surface area contributed by atoms with Crippen molar-refractivity contribution in [3.05, 3.63) is 29.7 Å². The zero-order chi connectivity index (χ0) is 15.3. The number of ether oxygens (including phenoxy) is 1. The third-order valence-electron chi connectivity index (χ3n) is 2.17. The second-order valence-electron chi connectivity index (χ2n) is 3.78. The van der Waals surface area contributed by atoms with Gasteiger partial charge in [-0.25, -0.2) is 18.4 Å². The van der Waals surface area contributed by atoms with E-state index in [-0.39, 0.29) is 16.3 Å². The van der Waals surface area contributed by atoms with Gasteiger partial charge in [-0.15, -0.1) is 17.9 Å². The molecule has 0 saturated carbocycles. The normalized spacial score (nSPS) is 12.5. The minimum atomic E-state index is -3.85. The maximum absolute atomic E-state index is 11.7. The molecule has 1 atom stereocenters. The molecule has 0 bridgehead atoms. The smallest absolute Gasteiger partial charge is 0.339 e. The van der Waals surface area contributed by atoms with Crippen LogP contribution in [-0.4, -0.2) is 32.9 Å². The zero-order valence-corrected chi connectivity index (χ0v) is 12.3. The van der Waals surface area contributed by atoms with E-state index in [1.165, 1.54) is 18.4 Å². The molecule has 1 amide bonds. The number of hydrogen-bond acceptors (Lipinski definition) is 6. The number of amides is 1. The van der Waals surface area contributed by atoms with E-state index in [1.54, 1.807) is 0 Å². The highest BCUT2D eigenvalue weighted by Gasteiger charge is 2.21. The molecule has 1 unspecified atom stereocenters. The zero-order valence-electron chi connectivity index (χ0n) is 10.7. The van der Waals surface area contributed by atoms with E-state index in [9.17, 15) is 18.0 Å². The minimum absolute atomic E-state index is 0.0300. The average molecular weight is 318 g/mol. The molecule has 0 aliphatic heterocycles. The van der Waals surface area contributed by atoms with Crippen LogP contribution >= 0.6 is 11.3 Å². The molecule has 0 aliphatic rings. The highest BCUT2D eigenvalue weighted by atomic mass is 32.2. The molecule has 20 heavy (non-hydrogen) atoms. The van der Waals surface area contributed by atoms with E-state index >= 15 is 0 Å². The summed E-state index contributed by atoms with van der Waals surface area (Å²) in [5.74, 6) is -1.27. The molecule has 1 aromatic heterocycles. The summed E-state index contributed by atoms with van der Waals surface area (Å²) in [6.07, 6.45) is 0.490. The van der Waals surface area contributed by atoms with Gasteiger partial charge in [0.15, 0.2) is 6.10 Å². The number of thiophene rings is 1. The van der Waals surface area contributed by atoms with E-state index in [0.29, 0.717) is 0 Å². The summed E-state index contributed by atoms with van der Waals surface area (Å²) in [5, 5.41) is 8.70. The van der Waals surface area contributed by atoms with Crippen LogP contribution in [0.25, 0.3) is 0 Å². The van der Waals surface area contributed by atoms with Gasteiger partial charge in [-0.2, -0.15) is 0 Å². The second kappa shape index (κ2) is 6.64. The van der Waals surface area contributed by atoms with Crippen molar-refractivity contribution < 1.29 is 22.7 Å². The lowest BCUT2D eigenvalue weighted by atomic mass is 10.3. The van der Waals surface area contributed by atoms with Crippen LogP contribution in [-0.2, 0) is 19.6 Å². The molecular weight excluding hydrogens is 304 g/mol. The van der Waals surface area contributed by atoms with E-state index < -0.39 is 28.0 Å². The number of primary sulfonamides is 1. The summed E-state index contributed by atoms with van der Waals surface area (Å²) >= 11 is 0.807. The van der Waals surface area contributed by atoms with Crippen LogP contribution in [0.15, 0.2) is 28.3 Å². The van der Waals surface area contributed by atoms with Gasteiger partial charge in [0.05, 0.1) is 5.56 Å². The summed E-state index contributed by atoms with van der Waals surface area (Å²) in [4.78, 5) is 23.2. The van der Waals surface area contributed by atoms with Crippen molar-refractivity contribution in [1.29, 1.82) is 0 Å². The molecule has 3 N–H and O–H groups in total. The first-order valence-electron chi connectivity index (χ1n) is 5.46. The summed E-state index contributed by atoms with van der Waals surface area (Å²) in [5.41, 5.74) is 0.0300. The minimum Gasteiger partial charge on any atom is -0.449 e. The van der Waals surface area contributed by atoms with Crippen LogP contribution in [0.3, 0.4) is 0 Å². The molecular formula is C11H14N2O5S2. The van der Waals surface area contributed by atoms with Crippen molar-refractivity contribution in [2.75, 3.05) is 6.54 Å². The molecule has 0 fully saturated rings. The molecule has 1 rings (SSSR count). The molecule has 0 radical (unpaired) electrons. The van der Waals surface area contributed by atoms with Crippen molar-refractivity contribution in [3.63, 3.8) is 0 Å². The van der Waals surface area contributed by atoms with E-state index in [0.717, 1.165) is 17.4 Å². The van der Waals surface area contributed by atoms with Gasteiger partial charge in [0.25, 0.3) is 5.91 Å². The van der Waals surface area contributed by atoms with Gasteiger partial charge in [-0.3, -0.25) is 4.79 Å². The largest absolute Gasteiger partial charge is 0.449 e. The molecule has 0 aliphatic carbocycles. The Morgan fingerprint density at radius 1 is 1.60 bits per heavy atom. The number of nitrogens with two attached hydrogens (primary N) is 1. The Hall–Kier alpha value is -1.71. The lowest BCUT2D eigenvalue weighted by Crippen LogP contribution is -2.35. The van der Waals surface area contributed by atoms with Gasteiger partial charge in [0.2, 0.25) is 10.0 Å². The second-order valence-corrected chi connectivity index (χ2v) is 6.48. The van der Waals surface area contributed by atoms with Crippen molar-refractivity contribution in [2.24, 2.45) is 5.14 Å². The fraction of sp³-hybridized carbons (Fsp3) is 0.273. The van der Waals surface area contributed by atoms with Crippen molar-refractivity contribution in [2.45, 2.75) is 17.2 Å². The lowest BCUT2D eigenvalue weighted by Gasteiger charge is -2.11. The molecule has 0 saturated heterocycles. The number of nitrogens with one attached hydrogen (secondary N) is 1. The Labute approximate surface area is 120 Å². The number of esters is 1. The standard InChI is InChI=1S/C11H14N2O5S2/c1-3-4-13-10(14)7(2)18-11(15)8-5-9(19-6-8)20(12,16)17/h3,5-7H,1,4H2,2H3,(H,13,14)(H2,12,16,17). The number of carbonyl (C=O) groups excluding carboxylic acids is 2. The Bertz CT molecular complexity index is 621. The van der Waals surface area contributed by atoms with Gasteiger partial charge in [0, 0.05) is 11.9 Å². The Balaban J connectivity index is 2.69.